The zero-order valence-corrected chi connectivity index (χ0v) is 18.4. The predicted octanol–water partition coefficient (Wildman–Crippen LogP) is 2.01. The van der Waals surface area contributed by atoms with E-state index in [2.05, 4.69) is 5.32 Å². The molecule has 1 saturated heterocycles. The number of piperidine rings is 1. The first-order valence-electron chi connectivity index (χ1n) is 10.0. The number of sulfonamides is 1. The van der Waals surface area contributed by atoms with E-state index in [9.17, 15) is 23.1 Å². The molecular formula is C20H30N2O7S. The largest absolute Gasteiger partial charge is 0.493 e. The van der Waals surface area contributed by atoms with Crippen molar-refractivity contribution in [3.05, 3.63) is 18.2 Å². The molecule has 1 heterocycles. The second-order valence-corrected chi connectivity index (χ2v) is 9.08. The number of amides is 1. The Morgan fingerprint density at radius 3 is 2.53 bits per heavy atom. The van der Waals surface area contributed by atoms with Gasteiger partial charge in [-0.3, -0.25) is 4.79 Å². The Morgan fingerprint density at radius 1 is 1.23 bits per heavy atom. The van der Waals surface area contributed by atoms with Crippen LogP contribution in [0.4, 0.5) is 0 Å². The van der Waals surface area contributed by atoms with Crippen molar-refractivity contribution in [3.8, 4) is 11.5 Å². The van der Waals surface area contributed by atoms with Crippen molar-refractivity contribution in [3.63, 3.8) is 0 Å². The van der Waals surface area contributed by atoms with Crippen LogP contribution in [0.1, 0.15) is 45.4 Å². The Bertz CT molecular complexity index is 857. The highest BCUT2D eigenvalue weighted by atomic mass is 32.2. The van der Waals surface area contributed by atoms with E-state index in [0.717, 1.165) is 10.7 Å². The minimum atomic E-state index is -4.00. The Kier molecular flexibility index (Phi) is 8.48. The van der Waals surface area contributed by atoms with E-state index in [4.69, 9.17) is 9.47 Å². The van der Waals surface area contributed by atoms with E-state index in [1.165, 1.54) is 32.4 Å². The van der Waals surface area contributed by atoms with E-state index in [1.807, 2.05) is 6.92 Å². The fourth-order valence-electron chi connectivity index (χ4n) is 3.50. The molecule has 30 heavy (non-hydrogen) atoms. The van der Waals surface area contributed by atoms with Crippen LogP contribution in [0.2, 0.25) is 0 Å². The molecule has 0 saturated carbocycles. The Morgan fingerprint density at radius 2 is 1.93 bits per heavy atom. The number of carboxylic acids is 1. The lowest BCUT2D eigenvalue weighted by molar-refractivity contribution is -0.142. The minimum absolute atomic E-state index is 0.0133. The molecule has 2 rings (SSSR count). The van der Waals surface area contributed by atoms with Crippen molar-refractivity contribution in [2.24, 2.45) is 0 Å². The molecule has 0 bridgehead atoms. The first-order valence-corrected chi connectivity index (χ1v) is 11.5. The van der Waals surface area contributed by atoms with Crippen LogP contribution in [0.5, 0.6) is 11.5 Å². The molecule has 0 spiro atoms. The average molecular weight is 443 g/mol. The molecule has 2 atom stereocenters. The van der Waals surface area contributed by atoms with E-state index >= 15 is 0 Å². The van der Waals surface area contributed by atoms with Gasteiger partial charge in [0.1, 0.15) is 12.1 Å². The molecule has 1 aromatic carbocycles. The average Bonchev–Trinajstić information content (AvgIpc) is 2.75. The van der Waals surface area contributed by atoms with Crippen molar-refractivity contribution >= 4 is 21.9 Å². The van der Waals surface area contributed by atoms with Crippen molar-refractivity contribution in [2.75, 3.05) is 20.8 Å². The van der Waals surface area contributed by atoms with Gasteiger partial charge < -0.3 is 19.9 Å². The lowest BCUT2D eigenvalue weighted by atomic mass is 10.0. The molecule has 168 valence electrons. The van der Waals surface area contributed by atoms with Gasteiger partial charge in [-0.05, 0) is 31.4 Å². The van der Waals surface area contributed by atoms with Crippen LogP contribution in [-0.4, -0.2) is 62.6 Å². The van der Waals surface area contributed by atoms with Gasteiger partial charge in [-0.2, -0.15) is 4.31 Å². The van der Waals surface area contributed by atoms with E-state index in [-0.39, 0.29) is 17.2 Å². The minimum Gasteiger partial charge on any atom is -0.493 e. The molecule has 0 aromatic heterocycles. The molecule has 1 amide bonds. The second-order valence-electron chi connectivity index (χ2n) is 7.19. The Hall–Kier alpha value is -2.33. The Labute approximate surface area is 177 Å². The quantitative estimate of drug-likeness (QED) is 0.568. The Balaban J connectivity index is 2.29. The maximum absolute atomic E-state index is 13.3. The molecule has 0 radical (unpaired) electrons. The van der Waals surface area contributed by atoms with Crippen LogP contribution in [0, 0.1) is 0 Å². The van der Waals surface area contributed by atoms with Gasteiger partial charge in [0, 0.05) is 12.6 Å². The third-order valence-electron chi connectivity index (χ3n) is 5.18. The highest BCUT2D eigenvalue weighted by Gasteiger charge is 2.39. The van der Waals surface area contributed by atoms with Gasteiger partial charge in [0.15, 0.2) is 11.5 Å². The number of methoxy groups -OCH3 is 2. The maximum Gasteiger partial charge on any atom is 0.326 e. The monoisotopic (exact) mass is 442 g/mol. The number of unbranched alkanes of at least 4 members (excludes halogenated alkanes) is 1. The first kappa shape index (κ1) is 23.9. The van der Waals surface area contributed by atoms with Gasteiger partial charge in [0.25, 0.3) is 0 Å². The summed E-state index contributed by atoms with van der Waals surface area (Å²) in [7, 11) is -1.13. The summed E-state index contributed by atoms with van der Waals surface area (Å²) < 4.78 is 38.1. The molecule has 1 aliphatic rings. The normalized spacial score (nSPS) is 18.4. The third-order valence-corrected chi connectivity index (χ3v) is 7.08. The summed E-state index contributed by atoms with van der Waals surface area (Å²) >= 11 is 0. The number of carbonyl (C=O) groups excluding carboxylic acids is 1. The molecule has 10 heteroatoms. The molecule has 1 fully saturated rings. The van der Waals surface area contributed by atoms with Crippen LogP contribution in [0.25, 0.3) is 0 Å². The van der Waals surface area contributed by atoms with Gasteiger partial charge in [0.2, 0.25) is 15.9 Å². The lowest BCUT2D eigenvalue weighted by Gasteiger charge is -2.34. The molecule has 2 N–H and O–H groups in total. The number of benzene rings is 1. The number of nitrogens with zero attached hydrogens (tertiary/aromatic N) is 1. The van der Waals surface area contributed by atoms with Gasteiger partial charge in [-0.25, -0.2) is 13.2 Å². The number of nitrogens with one attached hydrogen (secondary N) is 1. The van der Waals surface area contributed by atoms with Gasteiger partial charge >= 0.3 is 5.97 Å². The van der Waals surface area contributed by atoms with Gasteiger partial charge in [-0.15, -0.1) is 0 Å². The number of carboxylic acid groups (broad SMARTS) is 1. The molecule has 0 aliphatic carbocycles. The summed E-state index contributed by atoms with van der Waals surface area (Å²) in [5.74, 6) is -1.05. The van der Waals surface area contributed by atoms with Crippen molar-refractivity contribution in [2.45, 2.75) is 62.4 Å². The fourth-order valence-corrected chi connectivity index (χ4v) is 5.17. The molecule has 1 aliphatic heterocycles. The van der Waals surface area contributed by atoms with Crippen LogP contribution in [-0.2, 0) is 19.6 Å². The standard InChI is InChI=1S/C20H30N2O7S/c1-4-5-8-15(20(24)25)21-19(23)16-9-6-7-12-22(16)30(26,27)14-10-11-17(28-2)18(13-14)29-3/h10-11,13,15-16H,4-9,12H2,1-3H3,(H,21,23)(H,24,25)/t15-,16?/m0/s1. The topological polar surface area (TPSA) is 122 Å². The van der Waals surface area contributed by atoms with Crippen molar-refractivity contribution in [1.82, 2.24) is 9.62 Å². The van der Waals surface area contributed by atoms with Crippen molar-refractivity contribution < 1.29 is 32.6 Å². The number of hydrogen-bond donors (Lipinski definition) is 2. The van der Waals surface area contributed by atoms with E-state index < -0.39 is 34.0 Å². The maximum atomic E-state index is 13.3. The highest BCUT2D eigenvalue weighted by Crippen LogP contribution is 2.32. The molecular weight excluding hydrogens is 412 g/mol. The summed E-state index contributed by atoms with van der Waals surface area (Å²) in [6, 6.07) is 2.27. The van der Waals surface area contributed by atoms with E-state index in [1.54, 1.807) is 0 Å². The van der Waals surface area contributed by atoms with Crippen molar-refractivity contribution in [1.29, 1.82) is 0 Å². The first-order chi connectivity index (χ1) is 14.3. The highest BCUT2D eigenvalue weighted by molar-refractivity contribution is 7.89. The number of carbonyl (C=O) groups is 2. The number of ether oxygens (including phenoxy) is 2. The summed E-state index contributed by atoms with van der Waals surface area (Å²) in [6.45, 7) is 2.11. The van der Waals surface area contributed by atoms with E-state index in [0.29, 0.717) is 37.9 Å². The third kappa shape index (κ3) is 5.42. The van der Waals surface area contributed by atoms with Crippen LogP contribution in [0.3, 0.4) is 0 Å². The zero-order chi connectivity index (χ0) is 22.3. The summed E-state index contributed by atoms with van der Waals surface area (Å²) in [5, 5.41) is 11.9. The zero-order valence-electron chi connectivity index (χ0n) is 17.6. The predicted molar refractivity (Wildman–Crippen MR) is 110 cm³/mol. The summed E-state index contributed by atoms with van der Waals surface area (Å²) in [5.41, 5.74) is 0. The van der Waals surface area contributed by atoms with Crippen LogP contribution >= 0.6 is 0 Å². The van der Waals surface area contributed by atoms with Gasteiger partial charge in [-0.1, -0.05) is 26.2 Å². The molecule has 1 unspecified atom stereocenters. The summed E-state index contributed by atoms with van der Waals surface area (Å²) in [4.78, 5) is 24.3. The smallest absolute Gasteiger partial charge is 0.326 e. The fraction of sp³-hybridized carbons (Fsp3) is 0.600. The summed E-state index contributed by atoms with van der Waals surface area (Å²) in [6.07, 6.45) is 3.38. The molecule has 1 aromatic rings. The number of rotatable bonds is 10. The van der Waals surface area contributed by atoms with Crippen LogP contribution in [0.15, 0.2) is 23.1 Å². The van der Waals surface area contributed by atoms with Crippen LogP contribution < -0.4 is 14.8 Å². The SMILES string of the molecule is CCCC[C@H](NC(=O)C1CCCCN1S(=O)(=O)c1ccc(OC)c(OC)c1)C(=O)O. The lowest BCUT2D eigenvalue weighted by Crippen LogP contribution is -2.54. The van der Waals surface area contributed by atoms with Gasteiger partial charge in [0.05, 0.1) is 19.1 Å². The second kappa shape index (κ2) is 10.6. The number of hydrogen-bond acceptors (Lipinski definition) is 6. The molecule has 9 nitrogen and oxygen atoms in total. The number of aliphatic carboxylic acids is 1.